The highest BCUT2D eigenvalue weighted by Gasteiger charge is 2.10. The van der Waals surface area contributed by atoms with E-state index in [9.17, 15) is 9.59 Å². The molecule has 2 aromatic rings. The summed E-state index contributed by atoms with van der Waals surface area (Å²) in [5, 5.41) is 0.351. The van der Waals surface area contributed by atoms with Crippen LogP contribution in [-0.4, -0.2) is 32.6 Å². The minimum Gasteiger partial charge on any atom is -0.493 e. The molecule has 154 valence electrons. The molecule has 0 bridgehead atoms. The number of carbonyl (C=O) groups excluding carboxylic acids is 2. The summed E-state index contributed by atoms with van der Waals surface area (Å²) in [6.07, 6.45) is 2.78. The van der Waals surface area contributed by atoms with Crippen LogP contribution in [0.25, 0.3) is 6.08 Å². The van der Waals surface area contributed by atoms with Crippen LogP contribution in [0.3, 0.4) is 0 Å². The monoisotopic (exact) mass is 418 g/mol. The van der Waals surface area contributed by atoms with E-state index in [2.05, 4.69) is 10.9 Å². The quantitative estimate of drug-likeness (QED) is 0.532. The third-order valence-electron chi connectivity index (χ3n) is 3.77. The van der Waals surface area contributed by atoms with Crippen molar-refractivity contribution in [3.05, 3.63) is 58.1 Å². The van der Waals surface area contributed by atoms with Crippen molar-refractivity contribution < 1.29 is 23.8 Å². The second-order valence-corrected chi connectivity index (χ2v) is 6.63. The van der Waals surface area contributed by atoms with E-state index in [1.165, 1.54) is 26.4 Å². The second-order valence-electron chi connectivity index (χ2n) is 6.22. The molecular weight excluding hydrogens is 396 g/mol. The van der Waals surface area contributed by atoms with Gasteiger partial charge in [-0.15, -0.1) is 0 Å². The molecule has 0 saturated carbocycles. The number of hydrogen-bond donors (Lipinski definition) is 2. The molecule has 0 unspecified atom stereocenters. The molecule has 2 rings (SSSR count). The number of carbonyl (C=O) groups is 2. The second kappa shape index (κ2) is 10.4. The minimum absolute atomic E-state index is 0.224. The number of aryl methyl sites for hydroxylation is 2. The zero-order valence-electron chi connectivity index (χ0n) is 16.7. The molecule has 0 spiro atoms. The number of hydrogen-bond acceptors (Lipinski definition) is 5. The van der Waals surface area contributed by atoms with Crippen LogP contribution in [0.1, 0.15) is 16.7 Å². The number of ether oxygens (including phenoxy) is 3. The molecule has 0 atom stereocenters. The van der Waals surface area contributed by atoms with Gasteiger partial charge in [-0.05, 0) is 60.9 Å². The van der Waals surface area contributed by atoms with Crippen molar-refractivity contribution in [2.45, 2.75) is 13.8 Å². The Morgan fingerprint density at radius 3 is 2.31 bits per heavy atom. The standard InChI is InChI=1S/C21H23ClN2O5/c1-13-7-14(2)9-16(8-13)29-12-20(26)24-23-19(25)6-5-15-10-17(22)21(28-4)18(11-15)27-3/h5-11H,12H2,1-4H3,(H,23,25)(H,24,26)/b6-5+. The molecule has 0 saturated heterocycles. The van der Waals surface area contributed by atoms with E-state index in [4.69, 9.17) is 25.8 Å². The van der Waals surface area contributed by atoms with Gasteiger partial charge in [-0.2, -0.15) is 0 Å². The fourth-order valence-corrected chi connectivity index (χ4v) is 2.88. The lowest BCUT2D eigenvalue weighted by Gasteiger charge is -2.10. The lowest BCUT2D eigenvalue weighted by Crippen LogP contribution is -2.43. The van der Waals surface area contributed by atoms with E-state index < -0.39 is 11.8 Å². The molecule has 0 aliphatic carbocycles. The average Bonchev–Trinajstić information content (AvgIpc) is 2.67. The van der Waals surface area contributed by atoms with Crippen molar-refractivity contribution >= 4 is 29.5 Å². The molecular formula is C21H23ClN2O5. The molecule has 0 fully saturated rings. The Hall–Kier alpha value is -3.19. The van der Waals surface area contributed by atoms with Crippen LogP contribution in [0, 0.1) is 13.8 Å². The smallest absolute Gasteiger partial charge is 0.276 e. The first-order chi connectivity index (χ1) is 13.8. The Bertz CT molecular complexity index is 907. The van der Waals surface area contributed by atoms with Gasteiger partial charge in [0, 0.05) is 6.08 Å². The highest BCUT2D eigenvalue weighted by molar-refractivity contribution is 6.32. The number of benzene rings is 2. The van der Waals surface area contributed by atoms with E-state index in [-0.39, 0.29) is 6.61 Å². The summed E-state index contributed by atoms with van der Waals surface area (Å²) in [5.74, 6) is 0.439. The third kappa shape index (κ3) is 6.73. The molecule has 2 amide bonds. The summed E-state index contributed by atoms with van der Waals surface area (Å²) in [4.78, 5) is 23.7. The number of methoxy groups -OCH3 is 2. The van der Waals surface area contributed by atoms with Crippen LogP contribution in [0.2, 0.25) is 5.02 Å². The van der Waals surface area contributed by atoms with Crippen molar-refractivity contribution in [2.24, 2.45) is 0 Å². The maximum absolute atomic E-state index is 11.9. The van der Waals surface area contributed by atoms with Gasteiger partial charge in [0.1, 0.15) is 5.75 Å². The van der Waals surface area contributed by atoms with Crippen LogP contribution in [-0.2, 0) is 9.59 Å². The van der Waals surface area contributed by atoms with Crippen molar-refractivity contribution in [1.82, 2.24) is 10.9 Å². The van der Waals surface area contributed by atoms with Crippen molar-refractivity contribution in [3.8, 4) is 17.2 Å². The van der Waals surface area contributed by atoms with Crippen LogP contribution in [0.4, 0.5) is 0 Å². The van der Waals surface area contributed by atoms with Gasteiger partial charge in [0.15, 0.2) is 18.1 Å². The van der Waals surface area contributed by atoms with E-state index in [0.29, 0.717) is 27.8 Å². The van der Waals surface area contributed by atoms with E-state index in [0.717, 1.165) is 11.1 Å². The van der Waals surface area contributed by atoms with Gasteiger partial charge in [0.05, 0.1) is 19.2 Å². The SMILES string of the molecule is COc1cc(/C=C/C(=O)NNC(=O)COc2cc(C)cc(C)c2)cc(Cl)c1OC. The van der Waals surface area contributed by atoms with E-state index in [1.807, 2.05) is 32.0 Å². The largest absolute Gasteiger partial charge is 0.493 e. The molecule has 8 heteroatoms. The summed E-state index contributed by atoms with van der Waals surface area (Å²) in [7, 11) is 2.98. The average molecular weight is 419 g/mol. The van der Waals surface area contributed by atoms with Crippen LogP contribution < -0.4 is 25.1 Å². The molecule has 2 N–H and O–H groups in total. The number of hydrazine groups is 1. The van der Waals surface area contributed by atoms with Gasteiger partial charge in [-0.3, -0.25) is 20.4 Å². The lowest BCUT2D eigenvalue weighted by molar-refractivity contribution is -0.128. The molecule has 0 aliphatic rings. The molecule has 0 heterocycles. The van der Waals surface area contributed by atoms with E-state index >= 15 is 0 Å². The number of amides is 2. The fourth-order valence-electron chi connectivity index (χ4n) is 2.58. The van der Waals surface area contributed by atoms with Crippen LogP contribution in [0.5, 0.6) is 17.2 Å². The first-order valence-corrected chi connectivity index (χ1v) is 9.09. The van der Waals surface area contributed by atoms with Gasteiger partial charge >= 0.3 is 0 Å². The molecule has 7 nitrogen and oxygen atoms in total. The first-order valence-electron chi connectivity index (χ1n) is 8.72. The highest BCUT2D eigenvalue weighted by atomic mass is 35.5. The van der Waals surface area contributed by atoms with Crippen molar-refractivity contribution in [1.29, 1.82) is 0 Å². The summed E-state index contributed by atoms with van der Waals surface area (Å²) in [6, 6.07) is 8.96. The predicted octanol–water partition coefficient (Wildman–Crippen LogP) is 3.21. The maximum atomic E-state index is 11.9. The Labute approximate surface area is 174 Å². The Morgan fingerprint density at radius 1 is 1.00 bits per heavy atom. The maximum Gasteiger partial charge on any atom is 0.276 e. The summed E-state index contributed by atoms with van der Waals surface area (Å²) < 4.78 is 15.8. The Balaban J connectivity index is 1.86. The highest BCUT2D eigenvalue weighted by Crippen LogP contribution is 2.36. The zero-order chi connectivity index (χ0) is 21.4. The topological polar surface area (TPSA) is 85.9 Å². The molecule has 29 heavy (non-hydrogen) atoms. The van der Waals surface area contributed by atoms with Crippen LogP contribution >= 0.6 is 11.6 Å². The summed E-state index contributed by atoms with van der Waals surface area (Å²) in [5.41, 5.74) is 7.27. The molecule has 0 aromatic heterocycles. The normalized spacial score (nSPS) is 10.5. The summed E-state index contributed by atoms with van der Waals surface area (Å²) >= 11 is 6.13. The van der Waals surface area contributed by atoms with Crippen molar-refractivity contribution in [2.75, 3.05) is 20.8 Å². The fraction of sp³-hybridized carbons (Fsp3) is 0.238. The number of halogens is 1. The van der Waals surface area contributed by atoms with E-state index in [1.54, 1.807) is 12.1 Å². The summed E-state index contributed by atoms with van der Waals surface area (Å²) in [6.45, 7) is 3.66. The predicted molar refractivity (Wildman–Crippen MR) is 111 cm³/mol. The van der Waals surface area contributed by atoms with Crippen molar-refractivity contribution in [3.63, 3.8) is 0 Å². The molecule has 0 aliphatic heterocycles. The molecule has 2 aromatic carbocycles. The third-order valence-corrected chi connectivity index (χ3v) is 4.05. The van der Waals surface area contributed by atoms with Gasteiger partial charge in [-0.25, -0.2) is 0 Å². The van der Waals surface area contributed by atoms with Gasteiger partial charge in [0.2, 0.25) is 0 Å². The molecule has 0 radical (unpaired) electrons. The van der Waals surface area contributed by atoms with Gasteiger partial charge < -0.3 is 14.2 Å². The Morgan fingerprint density at radius 2 is 1.69 bits per heavy atom. The zero-order valence-corrected chi connectivity index (χ0v) is 17.4. The number of rotatable bonds is 7. The van der Waals surface area contributed by atoms with Gasteiger partial charge in [-0.1, -0.05) is 17.7 Å². The Kier molecular flexibility index (Phi) is 7.91. The number of nitrogens with one attached hydrogen (secondary N) is 2. The van der Waals surface area contributed by atoms with Crippen LogP contribution in [0.15, 0.2) is 36.4 Å². The minimum atomic E-state index is -0.518. The lowest BCUT2D eigenvalue weighted by atomic mass is 10.1. The first kappa shape index (κ1) is 22.1. The van der Waals surface area contributed by atoms with Gasteiger partial charge in [0.25, 0.3) is 11.8 Å².